The average molecular weight is 429 g/mol. The van der Waals surface area contributed by atoms with Gasteiger partial charge in [0.05, 0.1) is 29.0 Å². The fraction of sp³-hybridized carbons (Fsp3) is 0.368. The summed E-state index contributed by atoms with van der Waals surface area (Å²) in [5, 5.41) is 0.753. The molecule has 2 aromatic rings. The summed E-state index contributed by atoms with van der Waals surface area (Å²) in [6, 6.07) is 12.8. The smallest absolute Gasteiger partial charge is 0.216 e. The lowest BCUT2D eigenvalue weighted by Crippen LogP contribution is -2.35. The van der Waals surface area contributed by atoms with Gasteiger partial charge in [0, 0.05) is 26.2 Å². The van der Waals surface area contributed by atoms with Crippen LogP contribution in [-0.2, 0) is 33.6 Å². The van der Waals surface area contributed by atoms with Crippen molar-refractivity contribution < 1.29 is 13.2 Å². The summed E-state index contributed by atoms with van der Waals surface area (Å²) in [7, 11) is -3.47. The molecule has 5 nitrogen and oxygen atoms in total. The van der Waals surface area contributed by atoms with Crippen LogP contribution in [0.4, 0.5) is 0 Å². The summed E-state index contributed by atoms with van der Waals surface area (Å²) in [6.07, 6.45) is 0. The van der Waals surface area contributed by atoms with Crippen LogP contribution in [0.15, 0.2) is 42.5 Å². The Morgan fingerprint density at radius 1 is 0.926 bits per heavy atom. The summed E-state index contributed by atoms with van der Waals surface area (Å²) in [4.78, 5) is 2.35. The molecule has 1 heterocycles. The van der Waals surface area contributed by atoms with Gasteiger partial charge in [-0.05, 0) is 28.8 Å². The fourth-order valence-corrected chi connectivity index (χ4v) is 4.30. The van der Waals surface area contributed by atoms with E-state index >= 15 is 0 Å². The Hall–Kier alpha value is -1.15. The monoisotopic (exact) mass is 428 g/mol. The fourth-order valence-electron chi connectivity index (χ4n) is 2.87. The third-order valence-corrected chi connectivity index (χ3v) is 6.41. The highest BCUT2D eigenvalue weighted by Crippen LogP contribution is 2.23. The van der Waals surface area contributed by atoms with Gasteiger partial charge in [0.15, 0.2) is 0 Å². The van der Waals surface area contributed by atoms with E-state index in [0.717, 1.165) is 38.4 Å². The quantitative estimate of drug-likeness (QED) is 0.733. The van der Waals surface area contributed by atoms with Crippen LogP contribution in [0, 0.1) is 0 Å². The number of rotatable bonds is 7. The number of benzene rings is 2. The van der Waals surface area contributed by atoms with Gasteiger partial charge in [0.25, 0.3) is 0 Å². The van der Waals surface area contributed by atoms with Crippen LogP contribution in [0.5, 0.6) is 0 Å². The van der Waals surface area contributed by atoms with E-state index in [1.807, 2.05) is 24.3 Å². The number of nitrogens with zero attached hydrogens (tertiary/aromatic N) is 1. The molecule has 0 unspecified atom stereocenters. The maximum Gasteiger partial charge on any atom is 0.216 e. The van der Waals surface area contributed by atoms with Crippen molar-refractivity contribution in [2.75, 3.05) is 26.3 Å². The number of nitrogens with one attached hydrogen (secondary N) is 1. The Balaban J connectivity index is 1.53. The topological polar surface area (TPSA) is 58.6 Å². The Labute approximate surface area is 170 Å². The van der Waals surface area contributed by atoms with E-state index in [2.05, 4.69) is 9.62 Å². The predicted molar refractivity (Wildman–Crippen MR) is 108 cm³/mol. The summed E-state index contributed by atoms with van der Waals surface area (Å²) in [5.74, 6) is -0.140. The normalized spacial score (nSPS) is 15.8. The second-order valence-corrected chi connectivity index (χ2v) is 9.15. The first-order valence-electron chi connectivity index (χ1n) is 8.70. The minimum absolute atomic E-state index is 0.140. The van der Waals surface area contributed by atoms with Crippen molar-refractivity contribution in [3.63, 3.8) is 0 Å². The molecule has 27 heavy (non-hydrogen) atoms. The van der Waals surface area contributed by atoms with Gasteiger partial charge in [-0.2, -0.15) is 0 Å². The van der Waals surface area contributed by atoms with Crippen LogP contribution < -0.4 is 4.72 Å². The maximum absolute atomic E-state index is 12.3. The Kier molecular flexibility index (Phi) is 7.14. The van der Waals surface area contributed by atoms with Crippen molar-refractivity contribution in [1.82, 2.24) is 9.62 Å². The van der Waals surface area contributed by atoms with Crippen LogP contribution in [0.25, 0.3) is 0 Å². The second-order valence-electron chi connectivity index (χ2n) is 6.53. The van der Waals surface area contributed by atoms with E-state index in [9.17, 15) is 8.42 Å². The van der Waals surface area contributed by atoms with Gasteiger partial charge in [-0.15, -0.1) is 0 Å². The molecule has 0 aliphatic carbocycles. The van der Waals surface area contributed by atoms with E-state index in [4.69, 9.17) is 27.9 Å². The van der Waals surface area contributed by atoms with E-state index in [0.29, 0.717) is 15.6 Å². The number of hydrogen-bond donors (Lipinski definition) is 1. The third kappa shape index (κ3) is 6.45. The number of sulfonamides is 1. The predicted octanol–water partition coefficient (Wildman–Crippen LogP) is 3.45. The molecule has 0 amide bonds. The summed E-state index contributed by atoms with van der Waals surface area (Å²) in [6.45, 7) is 4.57. The molecule has 0 atom stereocenters. The molecule has 0 saturated carbocycles. The van der Waals surface area contributed by atoms with Crippen LogP contribution in [0.1, 0.15) is 16.7 Å². The Morgan fingerprint density at radius 2 is 1.56 bits per heavy atom. The van der Waals surface area contributed by atoms with Gasteiger partial charge >= 0.3 is 0 Å². The molecule has 1 aliphatic heterocycles. The molecule has 146 valence electrons. The van der Waals surface area contributed by atoms with Crippen LogP contribution in [0.3, 0.4) is 0 Å². The first-order valence-corrected chi connectivity index (χ1v) is 11.1. The molecular weight excluding hydrogens is 407 g/mol. The van der Waals surface area contributed by atoms with Gasteiger partial charge in [0.1, 0.15) is 0 Å². The zero-order chi connectivity index (χ0) is 19.3. The van der Waals surface area contributed by atoms with Crippen molar-refractivity contribution in [1.29, 1.82) is 0 Å². The number of hydrogen-bond acceptors (Lipinski definition) is 4. The molecule has 1 saturated heterocycles. The van der Waals surface area contributed by atoms with Crippen molar-refractivity contribution in [3.8, 4) is 0 Å². The third-order valence-electron chi connectivity index (χ3n) is 4.37. The summed E-state index contributed by atoms with van der Waals surface area (Å²) in [5.41, 5.74) is 2.72. The highest BCUT2D eigenvalue weighted by atomic mass is 35.5. The van der Waals surface area contributed by atoms with Crippen molar-refractivity contribution in [3.05, 3.63) is 69.2 Å². The molecule has 1 fully saturated rings. The van der Waals surface area contributed by atoms with Crippen molar-refractivity contribution in [2.45, 2.75) is 18.8 Å². The molecule has 1 N–H and O–H groups in total. The molecule has 1 aliphatic rings. The zero-order valence-electron chi connectivity index (χ0n) is 14.8. The summed E-state index contributed by atoms with van der Waals surface area (Å²) >= 11 is 11.8. The lowest BCUT2D eigenvalue weighted by molar-refractivity contribution is 0.0342. The Morgan fingerprint density at radius 3 is 2.22 bits per heavy atom. The number of halogens is 2. The van der Waals surface area contributed by atoms with Gasteiger partial charge in [0.2, 0.25) is 10.0 Å². The van der Waals surface area contributed by atoms with Gasteiger partial charge in [-0.25, -0.2) is 13.1 Å². The standard InChI is InChI=1S/C19H22Cl2N2O3S/c20-18-6-5-17(11-19(18)21)14-27(24,25)22-12-15-1-3-16(4-2-15)13-23-7-9-26-10-8-23/h1-6,11,22H,7-10,12-14H2. The van der Waals surface area contributed by atoms with Crippen molar-refractivity contribution >= 4 is 33.2 Å². The second kappa shape index (κ2) is 9.37. The molecule has 0 aromatic heterocycles. The van der Waals surface area contributed by atoms with Crippen LogP contribution in [0.2, 0.25) is 10.0 Å². The van der Waals surface area contributed by atoms with E-state index < -0.39 is 10.0 Å². The molecule has 0 bridgehead atoms. The van der Waals surface area contributed by atoms with E-state index in [-0.39, 0.29) is 12.3 Å². The molecular formula is C19H22Cl2N2O3S. The highest BCUT2D eigenvalue weighted by Gasteiger charge is 2.13. The first kappa shape index (κ1) is 20.6. The van der Waals surface area contributed by atoms with Crippen LogP contribution in [-0.4, -0.2) is 39.6 Å². The molecule has 8 heteroatoms. The minimum Gasteiger partial charge on any atom is -0.379 e. The molecule has 0 radical (unpaired) electrons. The maximum atomic E-state index is 12.3. The first-order chi connectivity index (χ1) is 12.9. The van der Waals surface area contributed by atoms with Gasteiger partial charge in [-0.3, -0.25) is 4.90 Å². The van der Waals surface area contributed by atoms with Gasteiger partial charge < -0.3 is 4.74 Å². The van der Waals surface area contributed by atoms with Crippen molar-refractivity contribution in [2.24, 2.45) is 0 Å². The summed E-state index contributed by atoms with van der Waals surface area (Å²) < 4.78 is 32.6. The van der Waals surface area contributed by atoms with E-state index in [1.165, 1.54) is 5.56 Å². The lowest BCUT2D eigenvalue weighted by atomic mass is 10.1. The molecule has 3 rings (SSSR count). The SMILES string of the molecule is O=S(=O)(Cc1ccc(Cl)c(Cl)c1)NCc1ccc(CN2CCOCC2)cc1. The molecule has 0 spiro atoms. The minimum atomic E-state index is -3.47. The lowest BCUT2D eigenvalue weighted by Gasteiger charge is -2.26. The Bertz CT molecular complexity index is 867. The zero-order valence-corrected chi connectivity index (χ0v) is 17.2. The average Bonchev–Trinajstić information content (AvgIpc) is 2.65. The van der Waals surface area contributed by atoms with Crippen LogP contribution >= 0.6 is 23.2 Å². The number of morpholine rings is 1. The molecule has 2 aromatic carbocycles. The van der Waals surface area contributed by atoms with E-state index in [1.54, 1.807) is 18.2 Å². The highest BCUT2D eigenvalue weighted by molar-refractivity contribution is 7.88. The number of ether oxygens (including phenoxy) is 1. The largest absolute Gasteiger partial charge is 0.379 e. The van der Waals surface area contributed by atoms with Gasteiger partial charge in [-0.1, -0.05) is 53.5 Å².